The normalized spacial score (nSPS) is 10.9. The first-order chi connectivity index (χ1) is 8.45. The minimum Gasteiger partial charge on any atom is -0.347 e. The second-order valence-electron chi connectivity index (χ2n) is 3.72. The van der Waals surface area contributed by atoms with Crippen LogP contribution in [-0.2, 0) is 6.54 Å². The number of nitrogens with zero attached hydrogens (tertiary/aromatic N) is 1. The molecule has 6 heteroatoms. The van der Waals surface area contributed by atoms with Crippen molar-refractivity contribution in [3.63, 3.8) is 0 Å². The highest BCUT2D eigenvalue weighted by molar-refractivity contribution is 6.67. The number of pyridine rings is 1. The molecule has 94 valence electrons. The second-order valence-corrected chi connectivity index (χ2v) is 4.47. The van der Waals surface area contributed by atoms with E-state index in [0.717, 1.165) is 6.07 Å². The van der Waals surface area contributed by atoms with E-state index < -0.39 is 16.5 Å². The van der Waals surface area contributed by atoms with Crippen LogP contribution < -0.4 is 5.43 Å². The summed E-state index contributed by atoms with van der Waals surface area (Å²) in [6, 6.07) is 2.38. The van der Waals surface area contributed by atoms with Crippen molar-refractivity contribution in [3.05, 3.63) is 45.0 Å². The molecule has 0 amide bonds. The molecule has 2 rings (SSSR count). The third kappa shape index (κ3) is 2.02. The van der Waals surface area contributed by atoms with Crippen molar-refractivity contribution < 1.29 is 9.18 Å². The lowest BCUT2D eigenvalue weighted by Gasteiger charge is -2.10. The molecule has 0 saturated heterocycles. The summed E-state index contributed by atoms with van der Waals surface area (Å²) in [5.74, 6) is -0.705. The number of benzene rings is 1. The fourth-order valence-corrected chi connectivity index (χ4v) is 2.08. The number of aryl methyl sites for hydroxylation is 1. The molecule has 0 radical (unpaired) electrons. The Morgan fingerprint density at radius 3 is 2.67 bits per heavy atom. The van der Waals surface area contributed by atoms with E-state index in [9.17, 15) is 14.0 Å². The number of fused-ring (bicyclic) bond motifs is 1. The van der Waals surface area contributed by atoms with Crippen molar-refractivity contribution in [3.8, 4) is 0 Å². The lowest BCUT2D eigenvalue weighted by molar-refractivity contribution is 0.108. The Bertz CT molecular complexity index is 709. The quantitative estimate of drug-likeness (QED) is 0.796. The molecule has 3 nitrogen and oxygen atoms in total. The first kappa shape index (κ1) is 13.1. The van der Waals surface area contributed by atoms with Crippen LogP contribution in [0, 0.1) is 5.82 Å². The van der Waals surface area contributed by atoms with Crippen molar-refractivity contribution in [2.75, 3.05) is 0 Å². The molecule has 0 atom stereocenters. The van der Waals surface area contributed by atoms with Crippen LogP contribution in [0.2, 0.25) is 5.02 Å². The van der Waals surface area contributed by atoms with Gasteiger partial charge in [-0.05, 0) is 30.7 Å². The predicted octanol–water partition coefficient (Wildman–Crippen LogP) is 3.19. The maximum Gasteiger partial charge on any atom is 0.257 e. The minimum atomic E-state index is -0.862. The number of rotatable bonds is 2. The van der Waals surface area contributed by atoms with Crippen LogP contribution in [0.4, 0.5) is 4.39 Å². The zero-order valence-corrected chi connectivity index (χ0v) is 10.8. The lowest BCUT2D eigenvalue weighted by atomic mass is 10.1. The summed E-state index contributed by atoms with van der Waals surface area (Å²) >= 11 is 11.0. The minimum absolute atomic E-state index is 0.0750. The van der Waals surface area contributed by atoms with E-state index >= 15 is 0 Å². The van der Waals surface area contributed by atoms with E-state index in [4.69, 9.17) is 23.2 Å². The Morgan fingerprint density at radius 1 is 1.44 bits per heavy atom. The van der Waals surface area contributed by atoms with E-state index in [0.29, 0.717) is 12.1 Å². The van der Waals surface area contributed by atoms with Gasteiger partial charge in [0.15, 0.2) is 0 Å². The third-order valence-corrected chi connectivity index (χ3v) is 3.17. The van der Waals surface area contributed by atoms with Crippen LogP contribution in [-0.4, -0.2) is 9.81 Å². The van der Waals surface area contributed by atoms with Gasteiger partial charge in [0.25, 0.3) is 5.24 Å². The fraction of sp³-hybridized carbons (Fsp3) is 0.167. The SMILES string of the molecule is CCn1cc(C(=O)Cl)c(=O)c2cc(F)c(Cl)cc21. The number of carbonyl (C=O) groups is 1. The Morgan fingerprint density at radius 2 is 2.11 bits per heavy atom. The highest BCUT2D eigenvalue weighted by atomic mass is 35.5. The van der Waals surface area contributed by atoms with Crippen LogP contribution in [0.5, 0.6) is 0 Å². The summed E-state index contributed by atoms with van der Waals surface area (Å²) in [6.07, 6.45) is 1.36. The number of carbonyl (C=O) groups excluding carboxylic acids is 1. The molecule has 0 fully saturated rings. The van der Waals surface area contributed by atoms with Crippen LogP contribution in [0.25, 0.3) is 10.9 Å². The first-order valence-electron chi connectivity index (χ1n) is 5.17. The van der Waals surface area contributed by atoms with Gasteiger partial charge < -0.3 is 4.57 Å². The second kappa shape index (κ2) is 4.71. The van der Waals surface area contributed by atoms with Crippen molar-refractivity contribution in [1.82, 2.24) is 4.57 Å². The van der Waals surface area contributed by atoms with Gasteiger partial charge in [-0.25, -0.2) is 4.39 Å². The molecule has 0 bridgehead atoms. The van der Waals surface area contributed by atoms with Gasteiger partial charge >= 0.3 is 0 Å². The molecule has 0 saturated carbocycles. The summed E-state index contributed by atoms with van der Waals surface area (Å²) < 4.78 is 15.0. The van der Waals surface area contributed by atoms with Crippen molar-refractivity contribution in [2.24, 2.45) is 0 Å². The van der Waals surface area contributed by atoms with Crippen molar-refractivity contribution >= 4 is 39.3 Å². The lowest BCUT2D eigenvalue weighted by Crippen LogP contribution is -2.16. The molecule has 0 spiro atoms. The maximum atomic E-state index is 13.4. The molecule has 1 aromatic heterocycles. The standard InChI is InChI=1S/C12H8Cl2FNO2/c1-2-16-5-7(12(14)18)11(17)6-3-9(15)8(13)4-10(6)16/h3-5H,2H2,1H3. The van der Waals surface area contributed by atoms with Gasteiger partial charge in [-0.15, -0.1) is 0 Å². The molecule has 1 heterocycles. The van der Waals surface area contributed by atoms with Crippen LogP contribution >= 0.6 is 23.2 Å². The fourth-order valence-electron chi connectivity index (χ4n) is 1.79. The summed E-state index contributed by atoms with van der Waals surface area (Å²) in [7, 11) is 0. The monoisotopic (exact) mass is 287 g/mol. The van der Waals surface area contributed by atoms with Gasteiger partial charge in [-0.3, -0.25) is 9.59 Å². The van der Waals surface area contributed by atoms with E-state index in [2.05, 4.69) is 0 Å². The largest absolute Gasteiger partial charge is 0.347 e. The summed E-state index contributed by atoms with van der Waals surface area (Å²) in [4.78, 5) is 23.1. The molecular formula is C12H8Cl2FNO2. The zero-order chi connectivity index (χ0) is 13.4. The summed E-state index contributed by atoms with van der Waals surface area (Å²) in [5.41, 5.74) is -0.298. The molecule has 2 aromatic rings. The highest BCUT2D eigenvalue weighted by Crippen LogP contribution is 2.21. The average molecular weight is 288 g/mol. The molecule has 0 aliphatic rings. The first-order valence-corrected chi connectivity index (χ1v) is 5.93. The van der Waals surface area contributed by atoms with Crippen molar-refractivity contribution in [1.29, 1.82) is 0 Å². The summed E-state index contributed by atoms with van der Waals surface area (Å²) in [6.45, 7) is 2.32. The Balaban J connectivity index is 2.99. The molecule has 18 heavy (non-hydrogen) atoms. The van der Waals surface area contributed by atoms with Crippen molar-refractivity contribution in [2.45, 2.75) is 13.5 Å². The Labute approximate surface area is 112 Å². The van der Waals surface area contributed by atoms with Gasteiger partial charge in [0.05, 0.1) is 16.1 Å². The molecule has 0 aliphatic heterocycles. The predicted molar refractivity (Wildman–Crippen MR) is 69.0 cm³/mol. The maximum absolute atomic E-state index is 13.4. The van der Waals surface area contributed by atoms with E-state index in [1.165, 1.54) is 12.3 Å². The third-order valence-electron chi connectivity index (χ3n) is 2.67. The highest BCUT2D eigenvalue weighted by Gasteiger charge is 2.15. The van der Waals surface area contributed by atoms with Gasteiger partial charge in [0.1, 0.15) is 5.82 Å². The van der Waals surface area contributed by atoms with E-state index in [1.807, 2.05) is 6.92 Å². The molecule has 0 aliphatic carbocycles. The van der Waals surface area contributed by atoms with E-state index in [-0.39, 0.29) is 16.0 Å². The molecular weight excluding hydrogens is 280 g/mol. The van der Waals surface area contributed by atoms with Gasteiger partial charge in [-0.2, -0.15) is 0 Å². The molecule has 0 unspecified atom stereocenters. The molecule has 1 aromatic carbocycles. The zero-order valence-electron chi connectivity index (χ0n) is 9.34. The Kier molecular flexibility index (Phi) is 3.41. The number of aromatic nitrogens is 1. The Hall–Kier alpha value is -1.39. The van der Waals surface area contributed by atoms with Crippen LogP contribution in [0.3, 0.4) is 0 Å². The van der Waals surface area contributed by atoms with E-state index in [1.54, 1.807) is 4.57 Å². The van der Waals surface area contributed by atoms with Crippen LogP contribution in [0.15, 0.2) is 23.1 Å². The van der Waals surface area contributed by atoms with Gasteiger partial charge in [0, 0.05) is 18.1 Å². The molecule has 0 N–H and O–H groups in total. The summed E-state index contributed by atoms with van der Waals surface area (Å²) in [5, 5.41) is -0.848. The topological polar surface area (TPSA) is 39.1 Å². The smallest absolute Gasteiger partial charge is 0.257 e. The number of hydrogen-bond donors (Lipinski definition) is 0. The van der Waals surface area contributed by atoms with Crippen LogP contribution in [0.1, 0.15) is 17.3 Å². The number of hydrogen-bond acceptors (Lipinski definition) is 2. The number of halogens is 3. The van der Waals surface area contributed by atoms with Gasteiger partial charge in [0.2, 0.25) is 5.43 Å². The van der Waals surface area contributed by atoms with Gasteiger partial charge in [-0.1, -0.05) is 11.6 Å². The average Bonchev–Trinajstić information content (AvgIpc) is 2.32.